The van der Waals surface area contributed by atoms with Gasteiger partial charge in [0.25, 0.3) is 0 Å². The molecule has 90 valence electrons. The van der Waals surface area contributed by atoms with E-state index in [0.29, 0.717) is 5.75 Å². The molecule has 0 saturated carbocycles. The first kappa shape index (κ1) is 13.3. The molecule has 2 aromatic carbocycles. The van der Waals surface area contributed by atoms with E-state index in [2.05, 4.69) is 13.8 Å². The Kier molecular flexibility index (Phi) is 5.28. The molecule has 1 N–H and O–H groups in total. The van der Waals surface area contributed by atoms with Gasteiger partial charge in [0.05, 0.1) is 0 Å². The second-order valence-electron chi connectivity index (χ2n) is 4.04. The number of phenolic OH excluding ortho intramolecular Hbond substituents is 1. The topological polar surface area (TPSA) is 20.2 Å². The summed E-state index contributed by atoms with van der Waals surface area (Å²) in [7, 11) is 0. The molecule has 0 aromatic heterocycles. The van der Waals surface area contributed by atoms with E-state index < -0.39 is 0 Å². The molecule has 0 spiro atoms. The molecule has 0 fully saturated rings. The Bertz CT molecular complexity index is 417. The van der Waals surface area contributed by atoms with Crippen LogP contribution in [0.1, 0.15) is 25.8 Å². The molecule has 2 aromatic rings. The summed E-state index contributed by atoms with van der Waals surface area (Å²) in [6.07, 6.45) is 1.25. The molecule has 0 radical (unpaired) electrons. The Morgan fingerprint density at radius 1 is 0.824 bits per heavy atom. The van der Waals surface area contributed by atoms with Gasteiger partial charge in [0.1, 0.15) is 5.75 Å². The van der Waals surface area contributed by atoms with Crippen LogP contribution in [0.2, 0.25) is 0 Å². The van der Waals surface area contributed by atoms with Crippen LogP contribution in [0, 0.1) is 6.92 Å². The number of benzene rings is 2. The summed E-state index contributed by atoms with van der Waals surface area (Å²) in [5.74, 6) is 0.335. The maximum atomic E-state index is 9.69. The first-order valence-electron chi connectivity index (χ1n) is 6.04. The minimum atomic E-state index is 0.335. The molecular formula is C16H20O. The summed E-state index contributed by atoms with van der Waals surface area (Å²) in [4.78, 5) is 0. The second-order valence-corrected chi connectivity index (χ2v) is 4.04. The average molecular weight is 228 g/mol. The molecule has 0 amide bonds. The van der Waals surface area contributed by atoms with Gasteiger partial charge in [-0.15, -0.1) is 0 Å². The van der Waals surface area contributed by atoms with Crippen molar-refractivity contribution in [3.63, 3.8) is 0 Å². The van der Waals surface area contributed by atoms with Crippen LogP contribution in [0.15, 0.2) is 48.5 Å². The largest absolute Gasteiger partial charge is 0.507 e. The van der Waals surface area contributed by atoms with Crippen LogP contribution >= 0.6 is 0 Å². The zero-order valence-corrected chi connectivity index (χ0v) is 10.8. The summed E-state index contributed by atoms with van der Waals surface area (Å²) in [6, 6.07) is 15.4. The van der Waals surface area contributed by atoms with Crippen molar-refractivity contribution in [2.24, 2.45) is 0 Å². The number of aromatic hydroxyl groups is 1. The van der Waals surface area contributed by atoms with Gasteiger partial charge in [-0.2, -0.15) is 0 Å². The monoisotopic (exact) mass is 228 g/mol. The van der Waals surface area contributed by atoms with E-state index in [1.54, 1.807) is 6.07 Å². The fraction of sp³-hybridized carbons (Fsp3) is 0.250. The maximum absolute atomic E-state index is 9.69. The standard InChI is InChI=1S/C13H12O.C3H8/c1-10-6-2-3-7-11(10)12-8-4-5-9-13(12)14;1-3-2/h2-9,14H,1H3;3H2,1-2H3. The van der Waals surface area contributed by atoms with Crippen molar-refractivity contribution >= 4 is 0 Å². The van der Waals surface area contributed by atoms with Gasteiger partial charge in [-0.1, -0.05) is 62.7 Å². The van der Waals surface area contributed by atoms with Gasteiger partial charge in [-0.3, -0.25) is 0 Å². The molecule has 0 bridgehead atoms. The van der Waals surface area contributed by atoms with Gasteiger partial charge in [0.15, 0.2) is 0 Å². The molecule has 1 heteroatoms. The molecule has 0 saturated heterocycles. The van der Waals surface area contributed by atoms with Gasteiger partial charge in [0, 0.05) is 5.56 Å². The molecule has 0 aliphatic rings. The normalized spacial score (nSPS) is 9.35. The van der Waals surface area contributed by atoms with Crippen molar-refractivity contribution in [2.45, 2.75) is 27.2 Å². The van der Waals surface area contributed by atoms with Crippen LogP contribution in [-0.2, 0) is 0 Å². The van der Waals surface area contributed by atoms with Crippen molar-refractivity contribution in [3.8, 4) is 16.9 Å². The molecule has 1 nitrogen and oxygen atoms in total. The first-order valence-corrected chi connectivity index (χ1v) is 6.04. The van der Waals surface area contributed by atoms with Crippen LogP contribution < -0.4 is 0 Å². The minimum absolute atomic E-state index is 0.335. The van der Waals surface area contributed by atoms with Crippen LogP contribution in [0.25, 0.3) is 11.1 Å². The van der Waals surface area contributed by atoms with E-state index in [4.69, 9.17) is 0 Å². The fourth-order valence-corrected chi connectivity index (χ4v) is 1.58. The molecule has 0 heterocycles. The Hall–Kier alpha value is -1.76. The predicted molar refractivity (Wildman–Crippen MR) is 74.2 cm³/mol. The highest BCUT2D eigenvalue weighted by atomic mass is 16.3. The van der Waals surface area contributed by atoms with E-state index in [1.807, 2.05) is 49.4 Å². The van der Waals surface area contributed by atoms with E-state index in [0.717, 1.165) is 11.1 Å². The zero-order valence-electron chi connectivity index (χ0n) is 10.8. The summed E-state index contributed by atoms with van der Waals surface area (Å²) in [5, 5.41) is 9.69. The van der Waals surface area contributed by atoms with Gasteiger partial charge < -0.3 is 5.11 Å². The van der Waals surface area contributed by atoms with Gasteiger partial charge >= 0.3 is 0 Å². The number of aryl methyl sites for hydroxylation is 1. The van der Waals surface area contributed by atoms with Crippen molar-refractivity contribution in [1.29, 1.82) is 0 Å². The zero-order chi connectivity index (χ0) is 12.7. The molecule has 0 atom stereocenters. The van der Waals surface area contributed by atoms with Crippen molar-refractivity contribution in [3.05, 3.63) is 54.1 Å². The molecule has 17 heavy (non-hydrogen) atoms. The van der Waals surface area contributed by atoms with Crippen LogP contribution in [0.3, 0.4) is 0 Å². The molecule has 2 rings (SSSR count). The molecule has 0 aliphatic carbocycles. The Morgan fingerprint density at radius 3 is 1.82 bits per heavy atom. The third kappa shape index (κ3) is 3.63. The van der Waals surface area contributed by atoms with E-state index >= 15 is 0 Å². The highest BCUT2D eigenvalue weighted by Crippen LogP contribution is 2.30. The lowest BCUT2D eigenvalue weighted by molar-refractivity contribution is 0.477. The molecule has 0 aliphatic heterocycles. The van der Waals surface area contributed by atoms with E-state index in [1.165, 1.54) is 12.0 Å². The maximum Gasteiger partial charge on any atom is 0.123 e. The fourth-order valence-electron chi connectivity index (χ4n) is 1.58. The lowest BCUT2D eigenvalue weighted by atomic mass is 10.0. The molecule has 0 unspecified atom stereocenters. The third-order valence-corrected chi connectivity index (χ3v) is 2.34. The smallest absolute Gasteiger partial charge is 0.123 e. The predicted octanol–water partition coefficient (Wildman–Crippen LogP) is 4.78. The second kappa shape index (κ2) is 6.74. The lowest BCUT2D eigenvalue weighted by Crippen LogP contribution is -1.82. The van der Waals surface area contributed by atoms with Gasteiger partial charge in [0.2, 0.25) is 0 Å². The lowest BCUT2D eigenvalue weighted by Gasteiger charge is -2.06. The summed E-state index contributed by atoms with van der Waals surface area (Å²) in [6.45, 7) is 6.29. The third-order valence-electron chi connectivity index (χ3n) is 2.34. The summed E-state index contributed by atoms with van der Waals surface area (Å²) < 4.78 is 0. The quantitative estimate of drug-likeness (QED) is 0.744. The Morgan fingerprint density at radius 2 is 1.29 bits per heavy atom. The highest BCUT2D eigenvalue weighted by molar-refractivity contribution is 5.72. The number of phenols is 1. The highest BCUT2D eigenvalue weighted by Gasteiger charge is 2.04. The minimum Gasteiger partial charge on any atom is -0.507 e. The Labute approximate surface area is 104 Å². The van der Waals surface area contributed by atoms with E-state index in [-0.39, 0.29) is 0 Å². The number of para-hydroxylation sites is 1. The summed E-state index contributed by atoms with van der Waals surface area (Å²) >= 11 is 0. The molecular weight excluding hydrogens is 208 g/mol. The van der Waals surface area contributed by atoms with Crippen LogP contribution in [0.5, 0.6) is 5.75 Å². The summed E-state index contributed by atoms with van der Waals surface area (Å²) in [5.41, 5.74) is 3.16. The number of hydrogen-bond acceptors (Lipinski definition) is 1. The van der Waals surface area contributed by atoms with Crippen LogP contribution in [0.4, 0.5) is 0 Å². The van der Waals surface area contributed by atoms with Gasteiger partial charge in [-0.05, 0) is 24.1 Å². The van der Waals surface area contributed by atoms with Gasteiger partial charge in [-0.25, -0.2) is 0 Å². The average Bonchev–Trinajstić information content (AvgIpc) is 2.32. The first-order chi connectivity index (χ1) is 8.20. The van der Waals surface area contributed by atoms with Crippen molar-refractivity contribution in [2.75, 3.05) is 0 Å². The number of hydrogen-bond donors (Lipinski definition) is 1. The van der Waals surface area contributed by atoms with E-state index in [9.17, 15) is 5.11 Å². The van der Waals surface area contributed by atoms with Crippen molar-refractivity contribution in [1.82, 2.24) is 0 Å². The van der Waals surface area contributed by atoms with Crippen molar-refractivity contribution < 1.29 is 5.11 Å². The number of rotatable bonds is 1. The SMILES string of the molecule is CCC.Cc1ccccc1-c1ccccc1O. The van der Waals surface area contributed by atoms with Crippen LogP contribution in [-0.4, -0.2) is 5.11 Å². The Balaban J connectivity index is 0.000000437.